The Balaban J connectivity index is 1.49. The molecule has 0 fully saturated rings. The molecule has 154 valence electrons. The van der Waals surface area contributed by atoms with Crippen molar-refractivity contribution in [1.29, 1.82) is 0 Å². The van der Waals surface area contributed by atoms with Gasteiger partial charge in [-0.1, -0.05) is 6.07 Å². The molecule has 1 atom stereocenters. The Hall–Kier alpha value is -3.88. The number of aromatic nitrogens is 2. The topological polar surface area (TPSA) is 97.3 Å². The number of carbonyl (C=O) groups is 2. The van der Waals surface area contributed by atoms with Gasteiger partial charge in [0.1, 0.15) is 11.6 Å². The van der Waals surface area contributed by atoms with E-state index in [9.17, 15) is 14.0 Å². The van der Waals surface area contributed by atoms with Crippen molar-refractivity contribution in [2.75, 3.05) is 17.2 Å². The number of urea groups is 1. The third-order valence-corrected chi connectivity index (χ3v) is 4.73. The van der Waals surface area contributed by atoms with Crippen molar-refractivity contribution in [1.82, 2.24) is 15.1 Å². The van der Waals surface area contributed by atoms with Gasteiger partial charge in [-0.3, -0.25) is 9.48 Å². The van der Waals surface area contributed by atoms with E-state index < -0.39 is 11.8 Å². The SMILES string of the molecule is CC(NC(=O)Nc1ccc(F)cc1-c1cnn(C)c1)c1ccc2c(c1)NC(=O)CO2. The van der Waals surface area contributed by atoms with Crippen molar-refractivity contribution in [2.24, 2.45) is 7.05 Å². The average Bonchev–Trinajstić information content (AvgIpc) is 3.14. The minimum Gasteiger partial charge on any atom is -0.482 e. The number of aryl methyl sites for hydroxylation is 1. The number of benzene rings is 2. The van der Waals surface area contributed by atoms with E-state index in [2.05, 4.69) is 21.0 Å². The van der Waals surface area contributed by atoms with E-state index in [4.69, 9.17) is 4.74 Å². The van der Waals surface area contributed by atoms with Gasteiger partial charge in [-0.25, -0.2) is 9.18 Å². The first-order valence-corrected chi connectivity index (χ1v) is 9.32. The van der Waals surface area contributed by atoms with E-state index >= 15 is 0 Å². The molecule has 3 aromatic rings. The fourth-order valence-electron chi connectivity index (χ4n) is 3.23. The molecule has 0 saturated carbocycles. The van der Waals surface area contributed by atoms with Crippen LogP contribution in [-0.4, -0.2) is 28.3 Å². The number of nitrogens with one attached hydrogen (secondary N) is 3. The van der Waals surface area contributed by atoms with Crippen LogP contribution < -0.4 is 20.7 Å². The molecular weight excluding hydrogens is 389 g/mol. The van der Waals surface area contributed by atoms with Crippen LogP contribution in [0.5, 0.6) is 5.75 Å². The van der Waals surface area contributed by atoms with Gasteiger partial charge in [0, 0.05) is 24.4 Å². The Morgan fingerprint density at radius 2 is 2.13 bits per heavy atom. The van der Waals surface area contributed by atoms with Gasteiger partial charge in [0.2, 0.25) is 0 Å². The van der Waals surface area contributed by atoms with Gasteiger partial charge in [0.15, 0.2) is 6.61 Å². The Labute approximate surface area is 172 Å². The molecule has 4 rings (SSSR count). The zero-order valence-corrected chi connectivity index (χ0v) is 16.4. The molecule has 0 radical (unpaired) electrons. The van der Waals surface area contributed by atoms with Crippen molar-refractivity contribution >= 4 is 23.3 Å². The molecule has 0 bridgehead atoms. The minimum atomic E-state index is -0.447. The predicted molar refractivity (Wildman–Crippen MR) is 110 cm³/mol. The number of hydrogen-bond donors (Lipinski definition) is 3. The maximum absolute atomic E-state index is 13.8. The number of rotatable bonds is 4. The number of halogens is 1. The Morgan fingerprint density at radius 1 is 1.30 bits per heavy atom. The largest absolute Gasteiger partial charge is 0.482 e. The van der Waals surface area contributed by atoms with E-state index in [-0.39, 0.29) is 18.6 Å². The molecular formula is C21H20FN5O3. The zero-order valence-electron chi connectivity index (χ0n) is 16.4. The lowest BCUT2D eigenvalue weighted by Gasteiger charge is -2.21. The first-order valence-electron chi connectivity index (χ1n) is 9.32. The molecule has 2 aromatic carbocycles. The normalized spacial score (nSPS) is 13.6. The lowest BCUT2D eigenvalue weighted by Crippen LogP contribution is -2.31. The highest BCUT2D eigenvalue weighted by atomic mass is 19.1. The zero-order chi connectivity index (χ0) is 21.3. The first-order chi connectivity index (χ1) is 14.4. The molecule has 1 unspecified atom stereocenters. The highest BCUT2D eigenvalue weighted by molar-refractivity contribution is 5.96. The minimum absolute atomic E-state index is 0.0144. The number of anilines is 2. The predicted octanol–water partition coefficient (Wildman–Crippen LogP) is 3.44. The second-order valence-electron chi connectivity index (χ2n) is 7.01. The quantitative estimate of drug-likeness (QED) is 0.615. The monoisotopic (exact) mass is 409 g/mol. The lowest BCUT2D eigenvalue weighted by atomic mass is 10.1. The Bertz CT molecular complexity index is 1130. The maximum atomic E-state index is 13.8. The summed E-state index contributed by atoms with van der Waals surface area (Å²) in [4.78, 5) is 24.1. The smallest absolute Gasteiger partial charge is 0.319 e. The van der Waals surface area contributed by atoms with Crippen LogP contribution in [-0.2, 0) is 11.8 Å². The Kier molecular flexibility index (Phi) is 5.09. The molecule has 30 heavy (non-hydrogen) atoms. The molecule has 9 heteroatoms. The van der Waals surface area contributed by atoms with E-state index in [1.54, 1.807) is 36.3 Å². The maximum Gasteiger partial charge on any atom is 0.319 e. The molecule has 1 aliphatic heterocycles. The molecule has 0 aliphatic carbocycles. The highest BCUT2D eigenvalue weighted by Gasteiger charge is 2.19. The van der Waals surface area contributed by atoms with Gasteiger partial charge in [-0.15, -0.1) is 0 Å². The number of amides is 3. The van der Waals surface area contributed by atoms with E-state index in [1.165, 1.54) is 18.2 Å². The molecule has 1 aliphatic rings. The summed E-state index contributed by atoms with van der Waals surface area (Å²) in [6.45, 7) is 1.80. The summed E-state index contributed by atoms with van der Waals surface area (Å²) in [5.74, 6) is -0.0498. The summed E-state index contributed by atoms with van der Waals surface area (Å²) in [5, 5.41) is 12.5. The highest BCUT2D eigenvalue weighted by Crippen LogP contribution is 2.31. The molecule has 3 N–H and O–H groups in total. The molecule has 1 aromatic heterocycles. The summed E-state index contributed by atoms with van der Waals surface area (Å²) < 4.78 is 20.7. The van der Waals surface area contributed by atoms with Crippen LogP contribution in [0.4, 0.5) is 20.6 Å². The summed E-state index contributed by atoms with van der Waals surface area (Å²) in [6, 6.07) is 8.67. The van der Waals surface area contributed by atoms with Crippen LogP contribution in [0, 0.1) is 5.82 Å². The molecule has 0 spiro atoms. The van der Waals surface area contributed by atoms with Crippen LogP contribution >= 0.6 is 0 Å². The van der Waals surface area contributed by atoms with Crippen molar-refractivity contribution in [3.05, 3.63) is 60.2 Å². The van der Waals surface area contributed by atoms with Gasteiger partial charge in [0.25, 0.3) is 5.91 Å². The second-order valence-corrected chi connectivity index (χ2v) is 7.01. The van der Waals surface area contributed by atoms with Crippen LogP contribution in [0.3, 0.4) is 0 Å². The summed E-state index contributed by atoms with van der Waals surface area (Å²) in [5.41, 5.74) is 3.03. The fraction of sp³-hybridized carbons (Fsp3) is 0.190. The fourth-order valence-corrected chi connectivity index (χ4v) is 3.23. The van der Waals surface area contributed by atoms with Crippen LogP contribution in [0.15, 0.2) is 48.8 Å². The average molecular weight is 409 g/mol. The molecule has 2 heterocycles. The third kappa shape index (κ3) is 4.09. The van der Waals surface area contributed by atoms with Gasteiger partial charge >= 0.3 is 6.03 Å². The lowest BCUT2D eigenvalue weighted by molar-refractivity contribution is -0.118. The van der Waals surface area contributed by atoms with Crippen LogP contribution in [0.1, 0.15) is 18.5 Å². The number of fused-ring (bicyclic) bond motifs is 1. The standard InChI is InChI=1S/C21H20FN5O3/c1-12(13-3-6-19-18(7-13)25-20(28)11-30-19)24-21(29)26-17-5-4-15(22)8-16(17)14-9-23-27(2)10-14/h3-10,12H,11H2,1-2H3,(H,25,28)(H2,24,26,29). The number of hydrogen-bond acceptors (Lipinski definition) is 4. The first kappa shape index (κ1) is 19.4. The van der Waals surface area contributed by atoms with Gasteiger partial charge < -0.3 is 20.7 Å². The van der Waals surface area contributed by atoms with Crippen molar-refractivity contribution in [2.45, 2.75) is 13.0 Å². The van der Waals surface area contributed by atoms with E-state index in [0.29, 0.717) is 28.3 Å². The molecule has 8 nitrogen and oxygen atoms in total. The van der Waals surface area contributed by atoms with Gasteiger partial charge in [-0.05, 0) is 42.8 Å². The Morgan fingerprint density at radius 3 is 2.90 bits per heavy atom. The second kappa shape index (κ2) is 7.86. The van der Waals surface area contributed by atoms with Crippen LogP contribution in [0.25, 0.3) is 11.1 Å². The third-order valence-electron chi connectivity index (χ3n) is 4.73. The summed E-state index contributed by atoms with van der Waals surface area (Å²) >= 11 is 0. The number of nitrogens with zero attached hydrogens (tertiary/aromatic N) is 2. The van der Waals surface area contributed by atoms with Gasteiger partial charge in [-0.2, -0.15) is 5.10 Å². The van der Waals surface area contributed by atoms with E-state index in [1.807, 2.05) is 13.0 Å². The number of ether oxygens (including phenoxy) is 1. The van der Waals surface area contributed by atoms with Crippen molar-refractivity contribution in [3.8, 4) is 16.9 Å². The molecule has 0 saturated heterocycles. The summed E-state index contributed by atoms with van der Waals surface area (Å²) in [7, 11) is 1.76. The van der Waals surface area contributed by atoms with Crippen LogP contribution in [0.2, 0.25) is 0 Å². The number of carbonyl (C=O) groups excluding carboxylic acids is 2. The van der Waals surface area contributed by atoms with Gasteiger partial charge in [0.05, 0.1) is 23.6 Å². The van der Waals surface area contributed by atoms with Crippen molar-refractivity contribution in [3.63, 3.8) is 0 Å². The van der Waals surface area contributed by atoms with Crippen molar-refractivity contribution < 1.29 is 18.7 Å². The summed E-state index contributed by atoms with van der Waals surface area (Å²) in [6.07, 6.45) is 3.34. The van der Waals surface area contributed by atoms with E-state index in [0.717, 1.165) is 5.56 Å². The molecule has 3 amide bonds.